The number of urea groups is 1. The molecule has 3 aromatic rings. The van der Waals surface area contributed by atoms with Gasteiger partial charge in [0.25, 0.3) is 17.4 Å². The van der Waals surface area contributed by atoms with Gasteiger partial charge >= 0.3 is 6.03 Å². The van der Waals surface area contributed by atoms with Gasteiger partial charge in [0, 0.05) is 122 Å². The van der Waals surface area contributed by atoms with Crippen LogP contribution in [0.1, 0.15) is 69.5 Å². The van der Waals surface area contributed by atoms with Crippen molar-refractivity contribution in [2.45, 2.75) is 63.3 Å². The highest BCUT2D eigenvalue weighted by Crippen LogP contribution is 2.40. The molecule has 19 nitrogen and oxygen atoms in total. The molecule has 356 valence electrons. The molecule has 1 unspecified atom stereocenters. The zero-order valence-corrected chi connectivity index (χ0v) is 38.7. The number of likely N-dealkylation sites (tertiary alicyclic amines) is 1. The van der Waals surface area contributed by atoms with Crippen LogP contribution in [0.3, 0.4) is 0 Å². The van der Waals surface area contributed by atoms with Crippen LogP contribution >= 0.6 is 0 Å². The number of piperidine rings is 2. The van der Waals surface area contributed by atoms with Gasteiger partial charge in [-0.3, -0.25) is 48.8 Å². The van der Waals surface area contributed by atoms with Crippen LogP contribution < -0.4 is 30.6 Å². The maximum atomic E-state index is 13.7. The molecule has 6 aliphatic rings. The lowest BCUT2D eigenvalue weighted by Crippen LogP contribution is -2.58. The zero-order valence-electron chi connectivity index (χ0n) is 38.7. The van der Waals surface area contributed by atoms with E-state index < -0.39 is 35.3 Å². The number of aromatic nitrogens is 1. The lowest BCUT2D eigenvalue weighted by molar-refractivity contribution is -0.160. The number of hydrogen-bond acceptors (Lipinski definition) is 13. The van der Waals surface area contributed by atoms with Crippen molar-refractivity contribution in [3.63, 3.8) is 0 Å². The second kappa shape index (κ2) is 18.8. The average molecular weight is 922 g/mol. The van der Waals surface area contributed by atoms with Gasteiger partial charge in [-0.15, -0.1) is 0 Å². The Morgan fingerprint density at radius 2 is 1.54 bits per heavy atom. The number of nitrogens with zero attached hydrogens (tertiary/aromatic N) is 7. The number of rotatable bonds is 10. The van der Waals surface area contributed by atoms with E-state index in [4.69, 9.17) is 14.2 Å². The molecule has 1 atom stereocenters. The van der Waals surface area contributed by atoms with Crippen molar-refractivity contribution in [1.29, 1.82) is 0 Å². The molecule has 1 spiro atoms. The Labute approximate surface area is 388 Å². The number of piperazine rings is 1. The topological polar surface area (TPSA) is 196 Å². The predicted octanol–water partition coefficient (Wildman–Crippen LogP) is 1.57. The number of aryl methyl sites for hydroxylation is 1. The van der Waals surface area contributed by atoms with Crippen LogP contribution in [0.25, 0.3) is 11.1 Å². The summed E-state index contributed by atoms with van der Waals surface area (Å²) in [7, 11) is 6.62. The number of benzene rings is 2. The first kappa shape index (κ1) is 45.8. The number of carbonyl (C=O) groups is 6. The largest absolute Gasteiger partial charge is 0.496 e. The van der Waals surface area contributed by atoms with Crippen molar-refractivity contribution in [3.8, 4) is 22.6 Å². The summed E-state index contributed by atoms with van der Waals surface area (Å²) >= 11 is 0. The predicted molar refractivity (Wildman–Crippen MR) is 245 cm³/mol. The molecule has 4 saturated heterocycles. The van der Waals surface area contributed by atoms with Crippen molar-refractivity contribution < 1.29 is 43.0 Å². The van der Waals surface area contributed by atoms with Crippen molar-refractivity contribution in [1.82, 2.24) is 39.7 Å². The minimum absolute atomic E-state index is 0.0682. The summed E-state index contributed by atoms with van der Waals surface area (Å²) in [5.74, 6) is -0.598. The van der Waals surface area contributed by atoms with Crippen molar-refractivity contribution in [2.75, 3.05) is 98.2 Å². The van der Waals surface area contributed by atoms with E-state index in [-0.39, 0.29) is 48.0 Å². The number of amides is 7. The number of ether oxygens (including phenoxy) is 3. The number of nitrogens with one attached hydrogen (secondary N) is 2. The highest BCUT2D eigenvalue weighted by Gasteiger charge is 2.45. The number of methoxy groups -OCH3 is 2. The van der Waals surface area contributed by atoms with E-state index in [1.165, 1.54) is 0 Å². The molecule has 1 aromatic heterocycles. The van der Waals surface area contributed by atoms with Crippen LogP contribution in [0.15, 0.2) is 41.3 Å². The van der Waals surface area contributed by atoms with E-state index in [2.05, 4.69) is 25.3 Å². The van der Waals surface area contributed by atoms with E-state index in [1.54, 1.807) is 49.9 Å². The molecular weight excluding hydrogens is 863 g/mol. The fourth-order valence-corrected chi connectivity index (χ4v) is 10.7. The Hall–Kier alpha value is -6.31. The lowest BCUT2D eigenvalue weighted by Gasteiger charge is -2.47. The Morgan fingerprint density at radius 1 is 0.821 bits per heavy atom. The van der Waals surface area contributed by atoms with Gasteiger partial charge in [-0.25, -0.2) is 4.79 Å². The molecule has 0 bridgehead atoms. The molecule has 0 radical (unpaired) electrons. The minimum atomic E-state index is -1.01. The van der Waals surface area contributed by atoms with Gasteiger partial charge in [0.2, 0.25) is 17.7 Å². The third-order valence-electron chi connectivity index (χ3n) is 14.5. The number of imide groups is 2. The molecule has 4 fully saturated rings. The van der Waals surface area contributed by atoms with Gasteiger partial charge in [0.15, 0.2) is 0 Å². The second-order valence-electron chi connectivity index (χ2n) is 18.4. The molecule has 67 heavy (non-hydrogen) atoms. The van der Waals surface area contributed by atoms with Crippen LogP contribution in [-0.4, -0.2) is 170 Å². The standard InChI is InChI=1S/C48H59N9O10/c1-49-47(64)55-14-9-32-35(26-51(2)44(61)36(32)28-55)30-23-39(65-3)37(40(24-30)66-4)27-53-15-11-48(12-16-53)29-56(21-22-67-48)42(59)10-13-52-17-19-54(20-18-52)31-5-6-33-34(25-31)46(63)57(45(33)62)38-7-8-41(58)50-43(38)60/h5-6,23-26,38H,7-22,27-29H2,1-4H3,(H,49,64)(H,50,58,60). The zero-order chi connectivity index (χ0) is 47.1. The van der Waals surface area contributed by atoms with Crippen molar-refractivity contribution in [2.24, 2.45) is 7.05 Å². The number of carbonyl (C=O) groups excluding carboxylic acids is 6. The van der Waals surface area contributed by atoms with Crippen LogP contribution in [0.5, 0.6) is 11.5 Å². The van der Waals surface area contributed by atoms with Gasteiger partial charge in [-0.05, 0) is 67.1 Å². The number of hydrogen-bond donors (Lipinski definition) is 2. The summed E-state index contributed by atoms with van der Waals surface area (Å²) in [4.78, 5) is 101. The van der Waals surface area contributed by atoms with E-state index in [0.29, 0.717) is 82.3 Å². The molecule has 0 aliphatic carbocycles. The van der Waals surface area contributed by atoms with E-state index in [0.717, 1.165) is 71.9 Å². The summed E-state index contributed by atoms with van der Waals surface area (Å²) in [6.45, 7) is 7.93. The Bertz CT molecular complexity index is 2540. The van der Waals surface area contributed by atoms with E-state index >= 15 is 0 Å². The van der Waals surface area contributed by atoms with E-state index in [1.807, 2.05) is 29.3 Å². The molecule has 7 heterocycles. The summed E-state index contributed by atoms with van der Waals surface area (Å²) in [5, 5.41) is 4.90. The molecule has 0 saturated carbocycles. The average Bonchev–Trinajstić information content (AvgIpc) is 3.59. The monoisotopic (exact) mass is 921 g/mol. The van der Waals surface area contributed by atoms with Crippen molar-refractivity contribution in [3.05, 3.63) is 74.7 Å². The summed E-state index contributed by atoms with van der Waals surface area (Å²) < 4.78 is 20.0. The minimum Gasteiger partial charge on any atom is -0.496 e. The Balaban J connectivity index is 0.771. The van der Waals surface area contributed by atoms with Crippen molar-refractivity contribution >= 4 is 41.3 Å². The molecule has 9 rings (SSSR count). The molecule has 7 amide bonds. The molecule has 2 aromatic carbocycles. The van der Waals surface area contributed by atoms with Crippen LogP contribution in [0.2, 0.25) is 0 Å². The molecule has 19 heteroatoms. The number of fused-ring (bicyclic) bond motifs is 2. The lowest BCUT2D eigenvalue weighted by atomic mass is 9.88. The summed E-state index contributed by atoms with van der Waals surface area (Å²) in [5.41, 5.74) is 5.04. The third-order valence-corrected chi connectivity index (χ3v) is 14.5. The smallest absolute Gasteiger partial charge is 0.317 e. The fraction of sp³-hybridized carbons (Fsp3) is 0.521. The van der Waals surface area contributed by atoms with Gasteiger partial charge in [-0.1, -0.05) is 0 Å². The first-order chi connectivity index (χ1) is 32.3. The molecular formula is C48H59N9O10. The Kier molecular flexibility index (Phi) is 12.8. The van der Waals surface area contributed by atoms with Gasteiger partial charge in [0.05, 0.1) is 49.7 Å². The van der Waals surface area contributed by atoms with Crippen LogP contribution in [0.4, 0.5) is 10.5 Å². The van der Waals surface area contributed by atoms with E-state index in [9.17, 15) is 33.6 Å². The third kappa shape index (κ3) is 8.87. The SMILES string of the molecule is CNC(=O)N1CCc2c(-c3cc(OC)c(CN4CCC5(CC4)CN(C(=O)CCN4CCN(c6ccc7c(c6)C(=O)N(C6CCC(=O)NC6=O)C7=O)CC4)CCO5)c(OC)c3)cn(C)c(=O)c2C1. The maximum Gasteiger partial charge on any atom is 0.317 e. The number of anilines is 1. The van der Waals surface area contributed by atoms with Crippen LogP contribution in [-0.2, 0) is 45.7 Å². The maximum absolute atomic E-state index is 13.7. The molecule has 2 N–H and O–H groups in total. The van der Waals surface area contributed by atoms with Gasteiger partial charge in [0.1, 0.15) is 17.5 Å². The second-order valence-corrected chi connectivity index (χ2v) is 18.4. The quantitative estimate of drug-likeness (QED) is 0.279. The van der Waals surface area contributed by atoms with Gasteiger partial charge in [-0.2, -0.15) is 0 Å². The molecule has 6 aliphatic heterocycles. The highest BCUT2D eigenvalue weighted by atomic mass is 16.5. The Morgan fingerprint density at radius 3 is 2.22 bits per heavy atom. The first-order valence-corrected chi connectivity index (χ1v) is 23.2. The summed E-state index contributed by atoms with van der Waals surface area (Å²) in [6, 6.07) is 7.99. The number of morpholine rings is 1. The summed E-state index contributed by atoms with van der Waals surface area (Å²) in [6.07, 6.45) is 4.53. The fourth-order valence-electron chi connectivity index (χ4n) is 10.7. The van der Waals surface area contributed by atoms with Gasteiger partial charge < -0.3 is 38.8 Å². The number of pyridine rings is 1. The highest BCUT2D eigenvalue weighted by molar-refractivity contribution is 6.23. The normalized spacial score (nSPS) is 21.0. The first-order valence-electron chi connectivity index (χ1n) is 23.2. The van der Waals surface area contributed by atoms with Crippen LogP contribution in [0, 0.1) is 0 Å².